The van der Waals surface area contributed by atoms with Gasteiger partial charge in [-0.15, -0.1) is 0 Å². The summed E-state index contributed by atoms with van der Waals surface area (Å²) in [5.41, 5.74) is 0. The number of aliphatic carboxylic acids is 1. The predicted octanol–water partition coefficient (Wildman–Crippen LogP) is 1.32. The minimum Gasteiger partial charge on any atom is -0.481 e. The van der Waals surface area contributed by atoms with E-state index in [2.05, 4.69) is 18.7 Å². The van der Waals surface area contributed by atoms with Crippen molar-refractivity contribution in [3.63, 3.8) is 0 Å². The number of carbonyl (C=O) groups excluding carboxylic acids is 1. The molecule has 2 rings (SSSR count). The summed E-state index contributed by atoms with van der Waals surface area (Å²) in [7, 11) is 0. The van der Waals surface area contributed by atoms with Gasteiger partial charge in [0.05, 0.1) is 0 Å². The molecule has 2 aliphatic rings. The Balaban J connectivity index is 1.84. The summed E-state index contributed by atoms with van der Waals surface area (Å²) >= 11 is 0. The van der Waals surface area contributed by atoms with E-state index in [0.717, 1.165) is 45.6 Å². The van der Waals surface area contributed by atoms with Crippen molar-refractivity contribution in [2.75, 3.05) is 39.3 Å². The molecule has 1 atom stereocenters. The third-order valence-corrected chi connectivity index (χ3v) is 4.57. The Bertz CT molecular complexity index is 378. The number of hydrogen-bond acceptors (Lipinski definition) is 3. The first-order valence-corrected chi connectivity index (χ1v) is 7.97. The Labute approximate surface area is 126 Å². The lowest BCUT2D eigenvalue weighted by molar-refractivity contribution is -0.138. The first-order chi connectivity index (χ1) is 9.97. The largest absolute Gasteiger partial charge is 0.481 e. The molecule has 2 heterocycles. The Morgan fingerprint density at radius 2 is 1.76 bits per heavy atom. The summed E-state index contributed by atoms with van der Waals surface area (Å²) < 4.78 is 0. The standard InChI is InChI=1S/C15H27N3O3/c1-12(2)16-6-8-17(9-7-16)15(21)18-5-3-4-13(11-18)10-14(19)20/h12-13H,3-11H2,1-2H3,(H,19,20). The number of piperidine rings is 1. The minimum atomic E-state index is -0.764. The van der Waals surface area contributed by atoms with E-state index in [1.165, 1.54) is 0 Å². The maximum atomic E-state index is 12.5. The Morgan fingerprint density at radius 1 is 1.10 bits per heavy atom. The Hall–Kier alpha value is -1.30. The van der Waals surface area contributed by atoms with Crippen LogP contribution in [0.2, 0.25) is 0 Å². The average molecular weight is 297 g/mol. The van der Waals surface area contributed by atoms with Gasteiger partial charge in [0, 0.05) is 51.7 Å². The van der Waals surface area contributed by atoms with Crippen molar-refractivity contribution in [1.29, 1.82) is 0 Å². The topological polar surface area (TPSA) is 64.1 Å². The van der Waals surface area contributed by atoms with Gasteiger partial charge in [-0.3, -0.25) is 9.69 Å². The number of carboxylic acids is 1. The zero-order chi connectivity index (χ0) is 15.4. The number of piperazine rings is 1. The number of amides is 2. The van der Waals surface area contributed by atoms with Crippen LogP contribution in [0.3, 0.4) is 0 Å². The maximum Gasteiger partial charge on any atom is 0.320 e. The molecule has 120 valence electrons. The van der Waals surface area contributed by atoms with Crippen LogP contribution in [0, 0.1) is 5.92 Å². The van der Waals surface area contributed by atoms with Crippen molar-refractivity contribution in [3.05, 3.63) is 0 Å². The fourth-order valence-corrected chi connectivity index (χ4v) is 3.28. The molecule has 0 aromatic carbocycles. The molecular weight excluding hydrogens is 270 g/mol. The molecule has 1 unspecified atom stereocenters. The SMILES string of the molecule is CC(C)N1CCN(C(=O)N2CCCC(CC(=O)O)C2)CC1. The van der Waals surface area contributed by atoms with Crippen LogP contribution in [0.25, 0.3) is 0 Å². The lowest BCUT2D eigenvalue weighted by Crippen LogP contribution is -2.55. The van der Waals surface area contributed by atoms with Crippen LogP contribution in [-0.2, 0) is 4.79 Å². The van der Waals surface area contributed by atoms with Crippen LogP contribution in [0.4, 0.5) is 4.79 Å². The molecule has 0 saturated carbocycles. The molecule has 21 heavy (non-hydrogen) atoms. The van der Waals surface area contributed by atoms with Gasteiger partial charge in [0.15, 0.2) is 0 Å². The van der Waals surface area contributed by atoms with Crippen LogP contribution in [0.5, 0.6) is 0 Å². The van der Waals surface area contributed by atoms with E-state index in [1.54, 1.807) is 0 Å². The first-order valence-electron chi connectivity index (χ1n) is 7.97. The molecule has 2 aliphatic heterocycles. The van der Waals surface area contributed by atoms with Gasteiger partial charge in [0.1, 0.15) is 0 Å². The van der Waals surface area contributed by atoms with Crippen molar-refractivity contribution in [1.82, 2.24) is 14.7 Å². The molecular formula is C15H27N3O3. The maximum absolute atomic E-state index is 12.5. The van der Waals surface area contributed by atoms with E-state index in [4.69, 9.17) is 5.11 Å². The minimum absolute atomic E-state index is 0.0912. The van der Waals surface area contributed by atoms with E-state index >= 15 is 0 Å². The lowest BCUT2D eigenvalue weighted by Gasteiger charge is -2.41. The van der Waals surface area contributed by atoms with Crippen molar-refractivity contribution in [3.8, 4) is 0 Å². The van der Waals surface area contributed by atoms with Gasteiger partial charge in [-0.25, -0.2) is 4.79 Å². The highest BCUT2D eigenvalue weighted by atomic mass is 16.4. The summed E-state index contributed by atoms with van der Waals surface area (Å²) in [5.74, 6) is -0.656. The van der Waals surface area contributed by atoms with Crippen LogP contribution in [-0.4, -0.2) is 77.1 Å². The second-order valence-corrected chi connectivity index (χ2v) is 6.45. The fraction of sp³-hybridized carbons (Fsp3) is 0.867. The van der Waals surface area contributed by atoms with E-state index in [0.29, 0.717) is 12.6 Å². The van der Waals surface area contributed by atoms with Crippen molar-refractivity contribution in [2.45, 2.75) is 39.2 Å². The number of urea groups is 1. The fourth-order valence-electron chi connectivity index (χ4n) is 3.28. The molecule has 0 spiro atoms. The Morgan fingerprint density at radius 3 is 2.33 bits per heavy atom. The van der Waals surface area contributed by atoms with Crippen molar-refractivity contribution >= 4 is 12.0 Å². The van der Waals surface area contributed by atoms with Gasteiger partial charge in [0.25, 0.3) is 0 Å². The molecule has 0 aliphatic carbocycles. The van der Waals surface area contributed by atoms with Crippen molar-refractivity contribution in [2.24, 2.45) is 5.92 Å². The quantitative estimate of drug-likeness (QED) is 0.853. The van der Waals surface area contributed by atoms with Crippen molar-refractivity contribution < 1.29 is 14.7 Å². The van der Waals surface area contributed by atoms with Gasteiger partial charge in [0.2, 0.25) is 0 Å². The third kappa shape index (κ3) is 4.33. The number of likely N-dealkylation sites (tertiary alicyclic amines) is 1. The molecule has 6 nitrogen and oxygen atoms in total. The molecule has 0 radical (unpaired) electrons. The smallest absolute Gasteiger partial charge is 0.320 e. The molecule has 6 heteroatoms. The van der Waals surface area contributed by atoms with Gasteiger partial charge in [-0.05, 0) is 32.6 Å². The monoisotopic (exact) mass is 297 g/mol. The summed E-state index contributed by atoms with van der Waals surface area (Å²) in [6, 6.07) is 0.616. The number of carbonyl (C=O) groups is 2. The highest BCUT2D eigenvalue weighted by molar-refractivity contribution is 5.75. The number of nitrogens with zero attached hydrogens (tertiary/aromatic N) is 3. The zero-order valence-electron chi connectivity index (χ0n) is 13.1. The van der Waals surface area contributed by atoms with Crippen LogP contribution in [0.15, 0.2) is 0 Å². The lowest BCUT2D eigenvalue weighted by atomic mass is 9.95. The number of hydrogen-bond donors (Lipinski definition) is 1. The summed E-state index contributed by atoms with van der Waals surface area (Å²) in [4.78, 5) is 29.5. The second kappa shape index (κ2) is 7.11. The third-order valence-electron chi connectivity index (χ3n) is 4.57. The van der Waals surface area contributed by atoms with E-state index in [-0.39, 0.29) is 18.4 Å². The summed E-state index contributed by atoms with van der Waals surface area (Å²) in [5, 5.41) is 8.90. The second-order valence-electron chi connectivity index (χ2n) is 6.45. The van der Waals surface area contributed by atoms with Gasteiger partial charge in [-0.1, -0.05) is 0 Å². The number of rotatable bonds is 3. The van der Waals surface area contributed by atoms with Crippen LogP contribution < -0.4 is 0 Å². The summed E-state index contributed by atoms with van der Waals surface area (Å²) in [6.45, 7) is 9.12. The van der Waals surface area contributed by atoms with Crippen LogP contribution >= 0.6 is 0 Å². The highest BCUT2D eigenvalue weighted by Crippen LogP contribution is 2.21. The highest BCUT2D eigenvalue weighted by Gasteiger charge is 2.30. The summed E-state index contributed by atoms with van der Waals surface area (Å²) in [6.07, 6.45) is 2.00. The average Bonchev–Trinajstić information content (AvgIpc) is 2.46. The van der Waals surface area contributed by atoms with Gasteiger partial charge >= 0.3 is 12.0 Å². The molecule has 0 aromatic rings. The Kier molecular flexibility index (Phi) is 5.45. The molecule has 2 amide bonds. The molecule has 2 saturated heterocycles. The normalized spacial score (nSPS) is 24.4. The predicted molar refractivity (Wildman–Crippen MR) is 80.2 cm³/mol. The van der Waals surface area contributed by atoms with Gasteiger partial charge in [-0.2, -0.15) is 0 Å². The molecule has 2 fully saturated rings. The zero-order valence-corrected chi connectivity index (χ0v) is 13.1. The molecule has 1 N–H and O–H groups in total. The van der Waals surface area contributed by atoms with E-state index < -0.39 is 5.97 Å². The van der Waals surface area contributed by atoms with Gasteiger partial charge < -0.3 is 14.9 Å². The first kappa shape index (κ1) is 16.1. The molecule has 0 bridgehead atoms. The van der Waals surface area contributed by atoms with E-state index in [1.807, 2.05) is 9.80 Å². The molecule has 0 aromatic heterocycles. The van der Waals surface area contributed by atoms with E-state index in [9.17, 15) is 9.59 Å². The van der Waals surface area contributed by atoms with Crippen LogP contribution in [0.1, 0.15) is 33.1 Å². The number of carboxylic acid groups (broad SMARTS) is 1.